The third-order valence-electron chi connectivity index (χ3n) is 6.59. The number of nitrogens with one attached hydrogen (secondary N) is 1. The zero-order valence-corrected chi connectivity index (χ0v) is 20.3. The molecule has 0 radical (unpaired) electrons. The number of nitrogens with zero attached hydrogens (tertiary/aromatic N) is 6. The number of phenols is 1. The van der Waals surface area contributed by atoms with Crippen LogP contribution >= 0.6 is 0 Å². The first-order valence-corrected chi connectivity index (χ1v) is 11.6. The Labute approximate surface area is 199 Å². The molecule has 1 fully saturated rings. The van der Waals surface area contributed by atoms with E-state index in [9.17, 15) is 5.11 Å². The third-order valence-corrected chi connectivity index (χ3v) is 6.59. The molecule has 1 saturated heterocycles. The molecule has 0 atom stereocenters. The number of aromatic hydroxyl groups is 1. The van der Waals surface area contributed by atoms with Crippen LogP contribution in [0.25, 0.3) is 27.8 Å². The van der Waals surface area contributed by atoms with E-state index in [1.54, 1.807) is 24.8 Å². The van der Waals surface area contributed by atoms with Gasteiger partial charge in [-0.3, -0.25) is 4.98 Å². The van der Waals surface area contributed by atoms with Crippen LogP contribution in [0.5, 0.6) is 5.75 Å². The summed E-state index contributed by atoms with van der Waals surface area (Å²) in [5.74, 6) is 0.958. The van der Waals surface area contributed by atoms with E-state index in [1.807, 2.05) is 35.0 Å². The van der Waals surface area contributed by atoms with Crippen LogP contribution in [0.1, 0.15) is 40.5 Å². The van der Waals surface area contributed by atoms with Crippen LogP contribution in [0, 0.1) is 0 Å². The Morgan fingerprint density at radius 2 is 1.82 bits per heavy atom. The van der Waals surface area contributed by atoms with Crippen molar-refractivity contribution in [3.8, 4) is 22.7 Å². The molecule has 0 spiro atoms. The lowest BCUT2D eigenvalue weighted by Crippen LogP contribution is -2.62. The molecule has 1 aliphatic heterocycles. The smallest absolute Gasteiger partial charge is 0.151 e. The summed E-state index contributed by atoms with van der Waals surface area (Å²) in [6.45, 7) is 9.00. The average Bonchev–Trinajstić information content (AvgIpc) is 3.31. The van der Waals surface area contributed by atoms with Crippen LogP contribution in [0.3, 0.4) is 0 Å². The minimum absolute atomic E-state index is 0.0501. The van der Waals surface area contributed by atoms with E-state index in [-0.39, 0.29) is 16.8 Å². The summed E-state index contributed by atoms with van der Waals surface area (Å²) in [5, 5.41) is 24.3. The van der Waals surface area contributed by atoms with Crippen molar-refractivity contribution in [1.82, 2.24) is 30.0 Å². The van der Waals surface area contributed by atoms with Gasteiger partial charge in [0.1, 0.15) is 5.75 Å². The number of hydrogen-bond donors (Lipinski definition) is 2. The number of piperidine rings is 1. The van der Waals surface area contributed by atoms with Crippen LogP contribution < -0.4 is 10.2 Å². The fourth-order valence-corrected chi connectivity index (χ4v) is 5.30. The summed E-state index contributed by atoms with van der Waals surface area (Å²) in [5.41, 5.74) is 2.96. The van der Waals surface area contributed by atoms with Gasteiger partial charge < -0.3 is 19.9 Å². The lowest BCUT2D eigenvalue weighted by atomic mass is 9.79. The molecule has 5 rings (SSSR count). The Kier molecular flexibility index (Phi) is 5.28. The molecule has 8 heteroatoms. The first-order valence-electron chi connectivity index (χ1n) is 11.6. The van der Waals surface area contributed by atoms with E-state index >= 15 is 0 Å². The quantitative estimate of drug-likeness (QED) is 0.471. The third kappa shape index (κ3) is 4.33. The Morgan fingerprint density at radius 3 is 2.47 bits per heavy atom. The van der Waals surface area contributed by atoms with Gasteiger partial charge in [-0.2, -0.15) is 0 Å². The molecule has 4 aromatic rings. The maximum absolute atomic E-state index is 10.7. The fraction of sp³-hybridized carbons (Fsp3) is 0.385. The highest BCUT2D eigenvalue weighted by Gasteiger charge is 2.39. The molecule has 1 aliphatic rings. The number of phenolic OH excluding ortho intramolecular Hbond substituents is 1. The molecule has 4 heterocycles. The van der Waals surface area contributed by atoms with E-state index < -0.39 is 0 Å². The molecule has 2 N–H and O–H groups in total. The van der Waals surface area contributed by atoms with Crippen molar-refractivity contribution in [2.75, 3.05) is 11.9 Å². The summed E-state index contributed by atoms with van der Waals surface area (Å²) < 4.78 is 1.90. The molecule has 0 unspecified atom stereocenters. The molecular weight excluding hydrogens is 426 g/mol. The average molecular weight is 458 g/mol. The van der Waals surface area contributed by atoms with Gasteiger partial charge in [-0.1, -0.05) is 0 Å². The highest BCUT2D eigenvalue weighted by molar-refractivity contribution is 5.88. The molecular formula is C26H31N7O. The van der Waals surface area contributed by atoms with Crippen molar-refractivity contribution >= 4 is 16.7 Å². The number of imidazole rings is 1. The first-order chi connectivity index (χ1) is 16.1. The van der Waals surface area contributed by atoms with Crippen LogP contribution in [0.4, 0.5) is 5.82 Å². The zero-order chi connectivity index (χ0) is 24.1. The molecule has 8 nitrogen and oxygen atoms in total. The van der Waals surface area contributed by atoms with Crippen molar-refractivity contribution in [3.63, 3.8) is 0 Å². The normalized spacial score (nSPS) is 17.7. The molecule has 34 heavy (non-hydrogen) atoms. The fourth-order valence-electron chi connectivity index (χ4n) is 5.30. The Morgan fingerprint density at radius 1 is 1.06 bits per heavy atom. The van der Waals surface area contributed by atoms with Crippen molar-refractivity contribution < 1.29 is 5.11 Å². The van der Waals surface area contributed by atoms with Gasteiger partial charge in [0.2, 0.25) is 0 Å². The van der Waals surface area contributed by atoms with Crippen LogP contribution in [-0.4, -0.2) is 54.0 Å². The van der Waals surface area contributed by atoms with Gasteiger partial charge >= 0.3 is 0 Å². The van der Waals surface area contributed by atoms with Gasteiger partial charge in [0, 0.05) is 53.6 Å². The Bertz CT molecular complexity index is 1300. The van der Waals surface area contributed by atoms with Gasteiger partial charge in [-0.15, -0.1) is 10.2 Å². The number of pyridine rings is 1. The second kappa shape index (κ2) is 8.06. The van der Waals surface area contributed by atoms with Crippen LogP contribution in [-0.2, 0) is 0 Å². The Balaban J connectivity index is 1.43. The number of rotatable bonds is 4. The molecule has 0 bridgehead atoms. The number of hydrogen-bond acceptors (Lipinski definition) is 7. The molecule has 176 valence electrons. The lowest BCUT2D eigenvalue weighted by Gasteiger charge is -2.49. The largest absolute Gasteiger partial charge is 0.507 e. The Hall–Kier alpha value is -3.52. The van der Waals surface area contributed by atoms with Crippen molar-refractivity contribution in [1.29, 1.82) is 0 Å². The van der Waals surface area contributed by atoms with Gasteiger partial charge in [-0.25, -0.2) is 4.98 Å². The van der Waals surface area contributed by atoms with E-state index in [4.69, 9.17) is 0 Å². The molecule has 3 aromatic heterocycles. The van der Waals surface area contributed by atoms with Crippen molar-refractivity contribution in [3.05, 3.63) is 55.2 Å². The molecule has 0 aliphatic carbocycles. The van der Waals surface area contributed by atoms with Crippen molar-refractivity contribution in [2.24, 2.45) is 0 Å². The van der Waals surface area contributed by atoms with Crippen molar-refractivity contribution in [2.45, 2.75) is 57.7 Å². The summed E-state index contributed by atoms with van der Waals surface area (Å²) in [4.78, 5) is 10.8. The monoisotopic (exact) mass is 457 g/mol. The second-order valence-electron chi connectivity index (χ2n) is 10.6. The topological polar surface area (TPSA) is 92.0 Å². The lowest BCUT2D eigenvalue weighted by molar-refractivity contribution is 0.160. The van der Waals surface area contributed by atoms with E-state index in [1.165, 1.54) is 0 Å². The molecule has 0 amide bonds. The molecule has 1 aromatic carbocycles. The minimum Gasteiger partial charge on any atom is -0.507 e. The van der Waals surface area contributed by atoms with Gasteiger partial charge in [0.15, 0.2) is 5.82 Å². The zero-order valence-electron chi connectivity index (χ0n) is 20.3. The number of benzene rings is 1. The molecule has 0 saturated carbocycles. The maximum atomic E-state index is 10.7. The van der Waals surface area contributed by atoms with E-state index in [0.29, 0.717) is 22.8 Å². The van der Waals surface area contributed by atoms with E-state index in [0.717, 1.165) is 29.7 Å². The summed E-state index contributed by atoms with van der Waals surface area (Å²) in [6.07, 6.45) is 9.14. The second-order valence-corrected chi connectivity index (χ2v) is 10.6. The summed E-state index contributed by atoms with van der Waals surface area (Å²) in [6, 6.07) is 9.85. The number of anilines is 1. The highest BCUT2D eigenvalue weighted by atomic mass is 16.3. The maximum Gasteiger partial charge on any atom is 0.151 e. The van der Waals surface area contributed by atoms with Crippen LogP contribution in [0.15, 0.2) is 55.2 Å². The van der Waals surface area contributed by atoms with E-state index in [2.05, 4.69) is 65.1 Å². The number of aromatic nitrogens is 5. The predicted octanol–water partition coefficient (Wildman–Crippen LogP) is 4.33. The van der Waals surface area contributed by atoms with Gasteiger partial charge in [0.05, 0.1) is 29.4 Å². The summed E-state index contributed by atoms with van der Waals surface area (Å²) >= 11 is 0. The first kappa shape index (κ1) is 22.3. The minimum atomic E-state index is 0.0501. The SMILES string of the molecule is CN(c1ccc(-c2cc3cc(-n4ccnc4)cnc3cc2O)nn1)C1CC(C)(C)NC(C)(C)C1. The van der Waals surface area contributed by atoms with Crippen LogP contribution in [0.2, 0.25) is 0 Å². The summed E-state index contributed by atoms with van der Waals surface area (Å²) in [7, 11) is 2.09. The predicted molar refractivity (Wildman–Crippen MR) is 134 cm³/mol. The van der Waals surface area contributed by atoms with Gasteiger partial charge in [0.25, 0.3) is 0 Å². The van der Waals surface area contributed by atoms with Gasteiger partial charge in [-0.05, 0) is 64.8 Å². The standard InChI is InChI=1S/C26H31N7O/c1-25(2)13-19(14-26(3,4)31-25)32(5)24-7-6-21(29-30-24)20-11-17-10-18(33-9-8-27-16-33)15-28-22(17)12-23(20)34/h6-12,15-16,19,31,34H,13-14H2,1-5H3. The highest BCUT2D eigenvalue weighted by Crippen LogP contribution is 2.35. The number of fused-ring (bicyclic) bond motifs is 1.